The van der Waals surface area contributed by atoms with Gasteiger partial charge in [0.1, 0.15) is 12.1 Å². The topological polar surface area (TPSA) is 298 Å². The second-order valence-corrected chi connectivity index (χ2v) is 20.7. The number of halogens is 2. The summed E-state index contributed by atoms with van der Waals surface area (Å²) in [6, 6.07) is 21.1. The Bertz CT molecular complexity index is 2950. The number of hydrogen-bond donors (Lipinski definition) is 7. The number of benzene rings is 3. The number of rotatable bonds is 20. The highest BCUT2D eigenvalue weighted by molar-refractivity contribution is 6.00. The Labute approximate surface area is 466 Å². The number of nitrogens with zero attached hydrogens (tertiary/aromatic N) is 7. The van der Waals surface area contributed by atoms with Crippen LogP contribution in [0.1, 0.15) is 59.2 Å². The Kier molecular flexibility index (Phi) is 21.5. The first kappa shape index (κ1) is 60.4. The molecule has 0 unspecified atom stereocenters. The number of likely N-dealkylation sites (tertiary alicyclic amines) is 1. The van der Waals surface area contributed by atoms with Crippen LogP contribution in [0, 0.1) is 17.2 Å². The fourth-order valence-electron chi connectivity index (χ4n) is 10.2. The first-order valence-corrected chi connectivity index (χ1v) is 26.8. The predicted molar refractivity (Wildman–Crippen MR) is 293 cm³/mol. The van der Waals surface area contributed by atoms with E-state index in [1.807, 2.05) is 47.4 Å². The molecule has 5 amide bonds. The van der Waals surface area contributed by atoms with Gasteiger partial charge in [0.25, 0.3) is 11.8 Å². The molecule has 3 aliphatic rings. The third-order valence-corrected chi connectivity index (χ3v) is 14.6. The number of fused-ring (bicyclic) bond motifs is 1. The smallest absolute Gasteiger partial charge is 0.317 e. The van der Waals surface area contributed by atoms with Gasteiger partial charge in [0.05, 0.1) is 45.3 Å². The van der Waals surface area contributed by atoms with Gasteiger partial charge in [-0.15, -0.1) is 0 Å². The average molecular weight is 1120 g/mol. The van der Waals surface area contributed by atoms with Crippen molar-refractivity contribution in [2.24, 2.45) is 5.92 Å². The third-order valence-electron chi connectivity index (χ3n) is 14.6. The van der Waals surface area contributed by atoms with Crippen molar-refractivity contribution in [3.63, 3.8) is 0 Å². The lowest BCUT2D eigenvalue weighted by atomic mass is 9.85. The molecule has 0 radical (unpaired) electrons. The first-order valence-electron chi connectivity index (χ1n) is 26.8. The minimum Gasteiger partial charge on any atom is -0.480 e. The van der Waals surface area contributed by atoms with Gasteiger partial charge in [0.15, 0.2) is 0 Å². The number of anilines is 1. The van der Waals surface area contributed by atoms with Crippen molar-refractivity contribution >= 4 is 76.1 Å². The molecule has 3 heterocycles. The zero-order chi connectivity index (χ0) is 58.1. The molecule has 7 rings (SSSR count). The number of amides is 5. The van der Waals surface area contributed by atoms with E-state index < -0.39 is 79.1 Å². The van der Waals surface area contributed by atoms with Crippen LogP contribution in [0.2, 0.25) is 0 Å². The highest BCUT2D eigenvalue weighted by atomic mass is 19.3. The van der Waals surface area contributed by atoms with E-state index in [0.717, 1.165) is 21.2 Å². The standard InChI is InChI=1S/C57H67F2N11O11/c58-57(59)29-46(30-60)70(37-57)50(72)32-62-55(80)47-17-18-61-31-43(47)10-5-38-7-13-45(14-8-38)64-56(81)48(28-39-6-9-40-3-1-2-4-42(40)27-39)65-54(79)41-11-15-44(16-12-41)63-49(71)33-66-19-21-67(34-51(73)74)23-25-69(36-53(77)78)26-24-68(22-20-66)35-52(75)76/h1-10,13-14,17-18,27,31,41,44,46,48H,11-12,15-16,19-26,28-29,32-37H2,(H,62,80)(H,63,71)(H,64,81)(H,65,79)(H,73,74)(H,75,76)(H,77,78)/b10-5+/t41?,44?,46-,48-/m0/s1. The number of carbonyl (C=O) groups excluding carboxylic acids is 5. The van der Waals surface area contributed by atoms with Gasteiger partial charge < -0.3 is 41.5 Å². The Morgan fingerprint density at radius 2 is 1.31 bits per heavy atom. The van der Waals surface area contributed by atoms with E-state index in [-0.39, 0.29) is 95.3 Å². The number of pyridine rings is 1. The lowest BCUT2D eigenvalue weighted by Gasteiger charge is -2.33. The van der Waals surface area contributed by atoms with E-state index in [9.17, 15) is 67.7 Å². The number of carboxylic acids is 3. The monoisotopic (exact) mass is 1120 g/mol. The third kappa shape index (κ3) is 18.7. The van der Waals surface area contributed by atoms with E-state index in [0.29, 0.717) is 55.6 Å². The van der Waals surface area contributed by atoms with Crippen LogP contribution in [0.4, 0.5) is 14.5 Å². The molecule has 24 heteroatoms. The average Bonchev–Trinajstić information content (AvgIpc) is 3.86. The number of hydrogen-bond acceptors (Lipinski definition) is 14. The van der Waals surface area contributed by atoms with Gasteiger partial charge in [-0.25, -0.2) is 8.78 Å². The molecule has 81 heavy (non-hydrogen) atoms. The van der Waals surface area contributed by atoms with Crippen molar-refractivity contribution in [2.45, 2.75) is 62.6 Å². The second-order valence-electron chi connectivity index (χ2n) is 20.7. The Morgan fingerprint density at radius 1 is 0.728 bits per heavy atom. The van der Waals surface area contributed by atoms with Crippen LogP contribution in [-0.4, -0.2) is 208 Å². The SMILES string of the molecule is N#C[C@@H]1CC(F)(F)CN1C(=O)CNC(=O)c1ccncc1/C=C/c1ccc(NC(=O)[C@H](Cc2ccc3ccccc3c2)NC(=O)C2CCC(NC(=O)CN3CCN(CC(=O)O)CCN(CC(=O)O)CCN(CC(=O)O)CC3)CC2)cc1. The number of aliphatic carboxylic acids is 3. The molecule has 7 N–H and O–H groups in total. The fourth-order valence-corrected chi connectivity index (χ4v) is 10.2. The number of alkyl halides is 2. The highest BCUT2D eigenvalue weighted by Crippen LogP contribution is 2.32. The predicted octanol–water partition coefficient (Wildman–Crippen LogP) is 2.71. The van der Waals surface area contributed by atoms with Crippen molar-refractivity contribution in [3.05, 3.63) is 107 Å². The maximum absolute atomic E-state index is 14.2. The van der Waals surface area contributed by atoms with Crippen molar-refractivity contribution < 1.29 is 62.5 Å². The van der Waals surface area contributed by atoms with E-state index in [1.165, 1.54) is 18.5 Å². The summed E-state index contributed by atoms with van der Waals surface area (Å²) in [5, 5.41) is 51.4. The molecule has 22 nitrogen and oxygen atoms in total. The lowest BCUT2D eigenvalue weighted by molar-refractivity contribution is -0.140. The molecule has 0 spiro atoms. The second kappa shape index (κ2) is 28.8. The van der Waals surface area contributed by atoms with Crippen molar-refractivity contribution in [2.75, 3.05) is 96.9 Å². The minimum absolute atomic E-state index is 0.0422. The minimum atomic E-state index is -3.20. The van der Waals surface area contributed by atoms with Gasteiger partial charge in [0.2, 0.25) is 23.6 Å². The zero-order valence-electron chi connectivity index (χ0n) is 44.7. The summed E-state index contributed by atoms with van der Waals surface area (Å²) in [5.74, 6) is -9.30. The van der Waals surface area contributed by atoms with Crippen LogP contribution in [0.3, 0.4) is 0 Å². The molecular formula is C57H67F2N11O11. The Balaban J connectivity index is 0.944. The van der Waals surface area contributed by atoms with Crippen LogP contribution >= 0.6 is 0 Å². The zero-order valence-corrected chi connectivity index (χ0v) is 44.7. The molecule has 1 aromatic heterocycles. The molecule has 430 valence electrons. The van der Waals surface area contributed by atoms with Crippen LogP contribution in [0.25, 0.3) is 22.9 Å². The summed E-state index contributed by atoms with van der Waals surface area (Å²) in [7, 11) is 0. The molecular weight excluding hydrogens is 1050 g/mol. The van der Waals surface area contributed by atoms with E-state index in [4.69, 9.17) is 0 Å². The summed E-state index contributed by atoms with van der Waals surface area (Å²) in [4.78, 5) is 114. The summed E-state index contributed by atoms with van der Waals surface area (Å²) < 4.78 is 27.8. The molecule has 4 aromatic rings. The van der Waals surface area contributed by atoms with Gasteiger partial charge >= 0.3 is 17.9 Å². The van der Waals surface area contributed by atoms with Gasteiger partial charge in [0, 0.05) is 106 Å². The summed E-state index contributed by atoms with van der Waals surface area (Å²) in [5.41, 5.74) is 2.50. The van der Waals surface area contributed by atoms with Gasteiger partial charge in [-0.05, 0) is 65.8 Å². The summed E-state index contributed by atoms with van der Waals surface area (Å²) in [6.45, 7) is -0.277. The quantitative estimate of drug-likeness (QED) is 0.0669. The highest BCUT2D eigenvalue weighted by Gasteiger charge is 2.47. The molecule has 1 aliphatic carbocycles. The van der Waals surface area contributed by atoms with Crippen LogP contribution in [-0.2, 0) is 40.0 Å². The Hall–Kier alpha value is -8.24. The normalized spacial score (nSPS) is 20.0. The molecule has 2 aliphatic heterocycles. The molecule has 0 bridgehead atoms. The van der Waals surface area contributed by atoms with Crippen LogP contribution in [0.5, 0.6) is 0 Å². The fraction of sp³-hybridized carbons (Fsp3) is 0.439. The maximum atomic E-state index is 14.2. The van der Waals surface area contributed by atoms with E-state index in [2.05, 4.69) is 26.3 Å². The van der Waals surface area contributed by atoms with Gasteiger partial charge in [-0.2, -0.15) is 5.26 Å². The summed E-state index contributed by atoms with van der Waals surface area (Å²) >= 11 is 0. The molecule has 2 saturated heterocycles. The number of nitriles is 1. The molecule has 3 fully saturated rings. The number of nitrogens with one attached hydrogen (secondary N) is 4. The van der Waals surface area contributed by atoms with Gasteiger partial charge in [-0.3, -0.25) is 62.9 Å². The largest absolute Gasteiger partial charge is 0.480 e. The van der Waals surface area contributed by atoms with Crippen molar-refractivity contribution in [3.8, 4) is 6.07 Å². The maximum Gasteiger partial charge on any atom is 0.317 e. The molecule has 1 saturated carbocycles. The molecule has 3 aromatic carbocycles. The van der Waals surface area contributed by atoms with Crippen LogP contribution in [0.15, 0.2) is 85.2 Å². The number of aromatic nitrogens is 1. The first-order chi connectivity index (χ1) is 38.8. The van der Waals surface area contributed by atoms with Crippen molar-refractivity contribution in [1.29, 1.82) is 5.26 Å². The van der Waals surface area contributed by atoms with Crippen molar-refractivity contribution in [1.82, 2.24) is 45.4 Å². The van der Waals surface area contributed by atoms with Gasteiger partial charge in [-0.1, -0.05) is 66.7 Å². The summed E-state index contributed by atoms with van der Waals surface area (Å²) in [6.07, 6.45) is 7.42. The van der Waals surface area contributed by atoms with E-state index >= 15 is 0 Å². The lowest BCUT2D eigenvalue weighted by Crippen LogP contribution is -2.51. The Morgan fingerprint density at radius 3 is 1.89 bits per heavy atom. The number of carboxylic acid groups (broad SMARTS) is 3. The number of carbonyl (C=O) groups is 8. The van der Waals surface area contributed by atoms with E-state index in [1.54, 1.807) is 57.2 Å². The van der Waals surface area contributed by atoms with Crippen LogP contribution < -0.4 is 21.3 Å². The molecule has 2 atom stereocenters.